The average Bonchev–Trinajstić information content (AvgIpc) is 2.65. The minimum absolute atomic E-state index is 0.551. The third-order valence-corrected chi connectivity index (χ3v) is 3.96. The van der Waals surface area contributed by atoms with Gasteiger partial charge in [-0.05, 0) is 44.5 Å². The van der Waals surface area contributed by atoms with Crippen LogP contribution in [0.5, 0.6) is 0 Å². The Morgan fingerprint density at radius 1 is 1.47 bits per heavy atom. The van der Waals surface area contributed by atoms with Crippen LogP contribution in [0.4, 0.5) is 0 Å². The van der Waals surface area contributed by atoms with E-state index >= 15 is 0 Å². The number of nitrogens with one attached hydrogen (secondary N) is 1. The first-order valence-corrected chi connectivity index (χ1v) is 6.90. The monoisotopic (exact) mass is 293 g/mol. The maximum atomic E-state index is 4.65. The lowest BCUT2D eigenvalue weighted by Crippen LogP contribution is -2.32. The molecule has 1 unspecified atom stereocenters. The van der Waals surface area contributed by atoms with E-state index in [0.29, 0.717) is 6.04 Å². The standard InChI is InChI=1S/C13H16BrN3/c1-9-16-12-7-10(14)4-5-13(12)17(9)11-3-2-6-15-8-11/h4-5,7,11,15H,2-3,6,8H2,1H3. The van der Waals surface area contributed by atoms with E-state index in [1.165, 1.54) is 18.4 Å². The lowest BCUT2D eigenvalue weighted by molar-refractivity contribution is 0.373. The zero-order valence-electron chi connectivity index (χ0n) is 9.91. The van der Waals surface area contributed by atoms with Crippen molar-refractivity contribution in [3.63, 3.8) is 0 Å². The third-order valence-electron chi connectivity index (χ3n) is 3.46. The summed E-state index contributed by atoms with van der Waals surface area (Å²) >= 11 is 3.50. The van der Waals surface area contributed by atoms with Crippen molar-refractivity contribution in [1.82, 2.24) is 14.9 Å². The van der Waals surface area contributed by atoms with E-state index in [-0.39, 0.29) is 0 Å². The van der Waals surface area contributed by atoms with Gasteiger partial charge < -0.3 is 9.88 Å². The van der Waals surface area contributed by atoms with Gasteiger partial charge in [0.05, 0.1) is 11.0 Å². The molecule has 1 fully saturated rings. The molecule has 0 bridgehead atoms. The highest BCUT2D eigenvalue weighted by molar-refractivity contribution is 9.10. The number of hydrogen-bond donors (Lipinski definition) is 1. The lowest BCUT2D eigenvalue weighted by Gasteiger charge is -2.25. The van der Waals surface area contributed by atoms with Crippen molar-refractivity contribution < 1.29 is 0 Å². The smallest absolute Gasteiger partial charge is 0.107 e. The number of aryl methyl sites for hydroxylation is 1. The molecule has 3 nitrogen and oxygen atoms in total. The van der Waals surface area contributed by atoms with Gasteiger partial charge in [0.25, 0.3) is 0 Å². The molecule has 0 radical (unpaired) electrons. The van der Waals surface area contributed by atoms with Crippen LogP contribution in [0.2, 0.25) is 0 Å². The van der Waals surface area contributed by atoms with Crippen molar-refractivity contribution in [3.8, 4) is 0 Å². The summed E-state index contributed by atoms with van der Waals surface area (Å²) in [4.78, 5) is 4.65. The fourth-order valence-corrected chi connectivity index (χ4v) is 3.06. The number of aromatic nitrogens is 2. The predicted molar refractivity (Wildman–Crippen MR) is 73.3 cm³/mol. The summed E-state index contributed by atoms with van der Waals surface area (Å²) in [7, 11) is 0. The molecule has 0 spiro atoms. The Morgan fingerprint density at radius 3 is 3.12 bits per heavy atom. The van der Waals surface area contributed by atoms with Crippen molar-refractivity contribution in [3.05, 3.63) is 28.5 Å². The normalized spacial score (nSPS) is 20.9. The largest absolute Gasteiger partial charge is 0.324 e. The fraction of sp³-hybridized carbons (Fsp3) is 0.462. The number of benzene rings is 1. The van der Waals surface area contributed by atoms with E-state index in [2.05, 4.69) is 55.9 Å². The molecule has 0 saturated carbocycles. The number of fused-ring (bicyclic) bond motifs is 1. The van der Waals surface area contributed by atoms with Gasteiger partial charge in [0.15, 0.2) is 0 Å². The number of nitrogens with zero attached hydrogens (tertiary/aromatic N) is 2. The molecule has 2 aromatic rings. The van der Waals surface area contributed by atoms with Crippen LogP contribution < -0.4 is 5.32 Å². The van der Waals surface area contributed by atoms with Gasteiger partial charge in [-0.2, -0.15) is 0 Å². The molecule has 3 rings (SSSR count). The molecule has 4 heteroatoms. The van der Waals surface area contributed by atoms with E-state index in [1.807, 2.05) is 0 Å². The molecule has 1 aromatic heterocycles. The molecule has 0 aliphatic carbocycles. The third kappa shape index (κ3) is 2.00. The Bertz CT molecular complexity index is 541. The van der Waals surface area contributed by atoms with Gasteiger partial charge in [-0.25, -0.2) is 4.98 Å². The molecule has 1 N–H and O–H groups in total. The van der Waals surface area contributed by atoms with E-state index in [0.717, 1.165) is 28.9 Å². The lowest BCUT2D eigenvalue weighted by atomic mass is 10.1. The summed E-state index contributed by atoms with van der Waals surface area (Å²) in [6, 6.07) is 6.90. The van der Waals surface area contributed by atoms with Gasteiger partial charge in [0, 0.05) is 17.1 Å². The molecule has 1 atom stereocenters. The second-order valence-electron chi connectivity index (χ2n) is 4.66. The van der Waals surface area contributed by atoms with E-state index in [1.54, 1.807) is 0 Å². The molecule has 17 heavy (non-hydrogen) atoms. The van der Waals surface area contributed by atoms with Crippen LogP contribution in [0.25, 0.3) is 11.0 Å². The maximum Gasteiger partial charge on any atom is 0.107 e. The van der Waals surface area contributed by atoms with Crippen LogP contribution in [0.1, 0.15) is 24.7 Å². The van der Waals surface area contributed by atoms with Crippen LogP contribution in [-0.2, 0) is 0 Å². The van der Waals surface area contributed by atoms with Gasteiger partial charge >= 0.3 is 0 Å². The number of rotatable bonds is 1. The van der Waals surface area contributed by atoms with E-state index in [4.69, 9.17) is 0 Å². The fourth-order valence-electron chi connectivity index (χ4n) is 2.71. The quantitative estimate of drug-likeness (QED) is 0.876. The van der Waals surface area contributed by atoms with Crippen molar-refractivity contribution in [2.75, 3.05) is 13.1 Å². The molecule has 0 amide bonds. The minimum atomic E-state index is 0.551. The zero-order chi connectivity index (χ0) is 11.8. The first-order valence-electron chi connectivity index (χ1n) is 6.10. The van der Waals surface area contributed by atoms with Crippen LogP contribution in [0.15, 0.2) is 22.7 Å². The average molecular weight is 294 g/mol. The zero-order valence-corrected chi connectivity index (χ0v) is 11.5. The minimum Gasteiger partial charge on any atom is -0.324 e. The highest BCUT2D eigenvalue weighted by Crippen LogP contribution is 2.26. The Morgan fingerprint density at radius 2 is 2.35 bits per heavy atom. The Labute approximate surface area is 109 Å². The summed E-state index contributed by atoms with van der Waals surface area (Å²) in [5.74, 6) is 1.12. The van der Waals surface area contributed by atoms with Gasteiger partial charge in [0.2, 0.25) is 0 Å². The van der Waals surface area contributed by atoms with Gasteiger partial charge in [-0.3, -0.25) is 0 Å². The van der Waals surface area contributed by atoms with Crippen molar-refractivity contribution >= 4 is 27.0 Å². The van der Waals surface area contributed by atoms with Gasteiger partial charge in [0.1, 0.15) is 5.82 Å². The summed E-state index contributed by atoms with van der Waals surface area (Å²) < 4.78 is 3.48. The van der Waals surface area contributed by atoms with Crippen LogP contribution in [0.3, 0.4) is 0 Å². The number of halogens is 1. The highest BCUT2D eigenvalue weighted by atomic mass is 79.9. The second-order valence-corrected chi connectivity index (χ2v) is 5.58. The first-order chi connectivity index (χ1) is 8.25. The van der Waals surface area contributed by atoms with Gasteiger partial charge in [-0.1, -0.05) is 15.9 Å². The molecule has 90 valence electrons. The topological polar surface area (TPSA) is 29.9 Å². The molecule has 1 aliphatic heterocycles. The van der Waals surface area contributed by atoms with Crippen molar-refractivity contribution in [2.45, 2.75) is 25.8 Å². The molecule has 2 heterocycles. The van der Waals surface area contributed by atoms with E-state index < -0.39 is 0 Å². The number of imidazole rings is 1. The summed E-state index contributed by atoms with van der Waals surface area (Å²) in [5.41, 5.74) is 2.34. The molecular weight excluding hydrogens is 278 g/mol. The SMILES string of the molecule is Cc1nc2cc(Br)ccc2n1C1CCCNC1. The van der Waals surface area contributed by atoms with E-state index in [9.17, 15) is 0 Å². The summed E-state index contributed by atoms with van der Waals surface area (Å²) in [6.45, 7) is 4.30. The van der Waals surface area contributed by atoms with Crippen LogP contribution in [0, 0.1) is 6.92 Å². The van der Waals surface area contributed by atoms with Crippen molar-refractivity contribution in [1.29, 1.82) is 0 Å². The number of hydrogen-bond acceptors (Lipinski definition) is 2. The number of piperidine rings is 1. The summed E-state index contributed by atoms with van der Waals surface area (Å²) in [6.07, 6.45) is 2.50. The predicted octanol–water partition coefficient (Wildman–Crippen LogP) is 3.03. The highest BCUT2D eigenvalue weighted by Gasteiger charge is 2.19. The molecule has 1 aliphatic rings. The van der Waals surface area contributed by atoms with Crippen LogP contribution in [-0.4, -0.2) is 22.6 Å². The first kappa shape index (κ1) is 11.2. The maximum absolute atomic E-state index is 4.65. The second kappa shape index (κ2) is 4.42. The van der Waals surface area contributed by atoms with Gasteiger partial charge in [-0.15, -0.1) is 0 Å². The van der Waals surface area contributed by atoms with Crippen molar-refractivity contribution in [2.24, 2.45) is 0 Å². The summed E-state index contributed by atoms with van der Waals surface area (Å²) in [5, 5.41) is 3.47. The molecule has 1 aromatic carbocycles. The Kier molecular flexibility index (Phi) is 2.92. The molecule has 1 saturated heterocycles. The molecular formula is C13H16BrN3. The Hall–Kier alpha value is -0.870. The van der Waals surface area contributed by atoms with Crippen LogP contribution >= 0.6 is 15.9 Å². The Balaban J connectivity index is 2.11.